The summed E-state index contributed by atoms with van der Waals surface area (Å²) >= 11 is 0. The predicted octanol–water partition coefficient (Wildman–Crippen LogP) is 0.882. The van der Waals surface area contributed by atoms with E-state index in [1.807, 2.05) is 13.8 Å². The molecule has 0 saturated carbocycles. The van der Waals surface area contributed by atoms with Gasteiger partial charge in [0.05, 0.1) is 11.0 Å². The highest BCUT2D eigenvalue weighted by Gasteiger charge is 2.30. The van der Waals surface area contributed by atoms with Crippen LogP contribution in [0, 0.1) is 0 Å². The van der Waals surface area contributed by atoms with E-state index in [-0.39, 0.29) is 22.5 Å². The number of aromatic amines is 1. The topological polar surface area (TPSA) is 91.9 Å². The van der Waals surface area contributed by atoms with Crippen molar-refractivity contribution in [2.75, 3.05) is 17.6 Å². The van der Waals surface area contributed by atoms with Crippen LogP contribution in [0.4, 0.5) is 5.82 Å². The van der Waals surface area contributed by atoms with Crippen LogP contribution < -0.4 is 10.9 Å². The van der Waals surface area contributed by atoms with Gasteiger partial charge in [0, 0.05) is 18.5 Å². The van der Waals surface area contributed by atoms with Crippen molar-refractivity contribution in [3.8, 4) is 0 Å². The van der Waals surface area contributed by atoms with Crippen molar-refractivity contribution >= 4 is 15.7 Å². The molecule has 0 bridgehead atoms. The first-order valence-corrected chi connectivity index (χ1v) is 8.17. The van der Waals surface area contributed by atoms with Gasteiger partial charge in [0.15, 0.2) is 9.84 Å². The van der Waals surface area contributed by atoms with Crippen LogP contribution in [0.15, 0.2) is 10.9 Å². The summed E-state index contributed by atoms with van der Waals surface area (Å²) in [4.78, 5) is 18.4. The first kappa shape index (κ1) is 14.0. The third kappa shape index (κ3) is 3.34. The van der Waals surface area contributed by atoms with E-state index < -0.39 is 9.84 Å². The number of sulfone groups is 1. The number of hydrogen-bond donors (Lipinski definition) is 2. The minimum atomic E-state index is -2.97. The van der Waals surface area contributed by atoms with E-state index >= 15 is 0 Å². The third-order valence-electron chi connectivity index (χ3n) is 3.28. The maximum absolute atomic E-state index is 11.7. The summed E-state index contributed by atoms with van der Waals surface area (Å²) in [5, 5.41) is 2.60. The molecule has 1 fully saturated rings. The van der Waals surface area contributed by atoms with E-state index in [0.29, 0.717) is 31.0 Å². The molecule has 1 aliphatic rings. The standard InChI is InChI=1S/C12H19N3O3S/c1-8(2)12-14-10(6-11(16)15-12)13-7-9-4-3-5-19(9,17)18/h6,8-9H,3-5,7H2,1-2H3,(H2,13,14,15,16). The summed E-state index contributed by atoms with van der Waals surface area (Å²) in [6, 6.07) is 1.35. The zero-order valence-electron chi connectivity index (χ0n) is 11.1. The zero-order chi connectivity index (χ0) is 14.0. The van der Waals surface area contributed by atoms with Gasteiger partial charge in [-0.3, -0.25) is 4.79 Å². The van der Waals surface area contributed by atoms with Crippen molar-refractivity contribution in [2.45, 2.75) is 37.9 Å². The molecule has 7 heteroatoms. The van der Waals surface area contributed by atoms with Gasteiger partial charge in [-0.05, 0) is 12.8 Å². The number of aromatic nitrogens is 2. The van der Waals surface area contributed by atoms with Gasteiger partial charge >= 0.3 is 0 Å². The lowest BCUT2D eigenvalue weighted by molar-refractivity contribution is 0.591. The summed E-state index contributed by atoms with van der Waals surface area (Å²) in [5.74, 6) is 1.42. The molecular weight excluding hydrogens is 266 g/mol. The lowest BCUT2D eigenvalue weighted by atomic mass is 10.2. The van der Waals surface area contributed by atoms with E-state index in [1.54, 1.807) is 0 Å². The second kappa shape index (κ2) is 5.32. The summed E-state index contributed by atoms with van der Waals surface area (Å²) in [6.45, 7) is 4.18. The van der Waals surface area contributed by atoms with Crippen LogP contribution in [0.5, 0.6) is 0 Å². The fourth-order valence-corrected chi connectivity index (χ4v) is 3.91. The third-order valence-corrected chi connectivity index (χ3v) is 5.56. The average molecular weight is 285 g/mol. The van der Waals surface area contributed by atoms with E-state index in [9.17, 15) is 13.2 Å². The van der Waals surface area contributed by atoms with E-state index in [4.69, 9.17) is 0 Å². The summed E-state index contributed by atoms with van der Waals surface area (Å²) in [7, 11) is -2.97. The SMILES string of the molecule is CC(C)c1nc(NCC2CCCS2(=O)=O)cc(=O)[nH]1. The van der Waals surface area contributed by atoms with Gasteiger partial charge in [0.1, 0.15) is 11.6 Å². The Bertz CT molecular complexity index is 607. The minimum absolute atomic E-state index is 0.115. The molecule has 106 valence electrons. The maximum atomic E-state index is 11.7. The monoisotopic (exact) mass is 285 g/mol. The second-order valence-electron chi connectivity index (χ2n) is 5.18. The Hall–Kier alpha value is -1.37. The molecule has 6 nitrogen and oxygen atoms in total. The summed E-state index contributed by atoms with van der Waals surface area (Å²) in [5.41, 5.74) is -0.226. The fourth-order valence-electron chi connectivity index (χ4n) is 2.15. The number of H-pyrrole nitrogens is 1. The van der Waals surface area contributed by atoms with Gasteiger partial charge in [-0.15, -0.1) is 0 Å². The number of anilines is 1. The molecule has 0 radical (unpaired) electrons. The van der Waals surface area contributed by atoms with Crippen molar-refractivity contribution in [1.29, 1.82) is 0 Å². The molecule has 0 amide bonds. The van der Waals surface area contributed by atoms with Crippen LogP contribution in [-0.2, 0) is 9.84 Å². The van der Waals surface area contributed by atoms with E-state index in [1.165, 1.54) is 6.07 Å². The summed E-state index contributed by atoms with van der Waals surface area (Å²) < 4.78 is 23.4. The Morgan fingerprint density at radius 1 is 1.53 bits per heavy atom. The first-order chi connectivity index (χ1) is 8.88. The van der Waals surface area contributed by atoms with Crippen molar-refractivity contribution in [3.05, 3.63) is 22.2 Å². The molecule has 2 N–H and O–H groups in total. The molecule has 0 aromatic carbocycles. The molecule has 1 saturated heterocycles. The highest BCUT2D eigenvalue weighted by Crippen LogP contribution is 2.20. The van der Waals surface area contributed by atoms with Gasteiger partial charge < -0.3 is 10.3 Å². The van der Waals surface area contributed by atoms with Crippen LogP contribution in [0.2, 0.25) is 0 Å². The number of hydrogen-bond acceptors (Lipinski definition) is 5. The number of rotatable bonds is 4. The smallest absolute Gasteiger partial charge is 0.252 e. The summed E-state index contributed by atoms with van der Waals surface area (Å²) in [6.07, 6.45) is 1.39. The molecule has 0 spiro atoms. The van der Waals surface area contributed by atoms with Crippen molar-refractivity contribution in [1.82, 2.24) is 9.97 Å². The van der Waals surface area contributed by atoms with Gasteiger partial charge in [0.25, 0.3) is 5.56 Å². The van der Waals surface area contributed by atoms with Gasteiger partial charge in [-0.25, -0.2) is 13.4 Å². The highest BCUT2D eigenvalue weighted by molar-refractivity contribution is 7.92. The van der Waals surface area contributed by atoms with Crippen molar-refractivity contribution in [3.63, 3.8) is 0 Å². The molecule has 2 rings (SSSR count). The normalized spacial score (nSPS) is 21.7. The average Bonchev–Trinajstić information content (AvgIpc) is 2.65. The highest BCUT2D eigenvalue weighted by atomic mass is 32.2. The molecule has 1 atom stereocenters. The quantitative estimate of drug-likeness (QED) is 0.857. The fraction of sp³-hybridized carbons (Fsp3) is 0.667. The molecule has 1 aliphatic heterocycles. The van der Waals surface area contributed by atoms with Crippen LogP contribution in [0.25, 0.3) is 0 Å². The Kier molecular flexibility index (Phi) is 3.93. The van der Waals surface area contributed by atoms with Gasteiger partial charge in [-0.2, -0.15) is 0 Å². The molecule has 19 heavy (non-hydrogen) atoms. The van der Waals surface area contributed by atoms with Gasteiger partial charge in [0.2, 0.25) is 0 Å². The first-order valence-electron chi connectivity index (χ1n) is 6.45. The van der Waals surface area contributed by atoms with Crippen LogP contribution >= 0.6 is 0 Å². The molecule has 1 aromatic rings. The predicted molar refractivity (Wildman–Crippen MR) is 74.2 cm³/mol. The van der Waals surface area contributed by atoms with E-state index in [0.717, 1.165) is 0 Å². The Morgan fingerprint density at radius 3 is 2.84 bits per heavy atom. The lowest BCUT2D eigenvalue weighted by Crippen LogP contribution is -2.26. The lowest BCUT2D eigenvalue weighted by Gasteiger charge is -2.12. The molecule has 1 unspecified atom stereocenters. The Labute approximate surface area is 112 Å². The molecular formula is C12H19N3O3S. The maximum Gasteiger partial charge on any atom is 0.252 e. The largest absolute Gasteiger partial charge is 0.369 e. The number of nitrogens with one attached hydrogen (secondary N) is 2. The van der Waals surface area contributed by atoms with Crippen molar-refractivity contribution < 1.29 is 8.42 Å². The number of nitrogens with zero attached hydrogens (tertiary/aromatic N) is 1. The molecule has 1 aromatic heterocycles. The van der Waals surface area contributed by atoms with Crippen LogP contribution in [0.1, 0.15) is 38.4 Å². The Morgan fingerprint density at radius 2 is 2.26 bits per heavy atom. The molecule has 0 aliphatic carbocycles. The molecule has 2 heterocycles. The van der Waals surface area contributed by atoms with Crippen molar-refractivity contribution in [2.24, 2.45) is 0 Å². The van der Waals surface area contributed by atoms with Crippen LogP contribution in [-0.4, -0.2) is 35.9 Å². The zero-order valence-corrected chi connectivity index (χ0v) is 12.0. The van der Waals surface area contributed by atoms with E-state index in [2.05, 4.69) is 15.3 Å². The van der Waals surface area contributed by atoms with Gasteiger partial charge in [-0.1, -0.05) is 13.8 Å². The minimum Gasteiger partial charge on any atom is -0.369 e. The second-order valence-corrected chi connectivity index (χ2v) is 7.58. The Balaban J connectivity index is 2.10. The van der Waals surface area contributed by atoms with Crippen LogP contribution in [0.3, 0.4) is 0 Å².